The molecule has 0 aromatic heterocycles. The fourth-order valence-corrected chi connectivity index (χ4v) is 1.47. The Morgan fingerprint density at radius 2 is 2.29 bits per heavy atom. The molecule has 0 spiro atoms. The predicted octanol–water partition coefficient (Wildman–Crippen LogP) is 1.65. The second-order valence-electron chi connectivity index (χ2n) is 4.19. The third-order valence-corrected chi connectivity index (χ3v) is 2.73. The van der Waals surface area contributed by atoms with E-state index in [1.54, 1.807) is 13.0 Å². The van der Waals surface area contributed by atoms with E-state index in [1.165, 1.54) is 12.1 Å². The Morgan fingerprint density at radius 1 is 1.59 bits per heavy atom. The molecule has 4 nitrogen and oxygen atoms in total. The van der Waals surface area contributed by atoms with E-state index in [9.17, 15) is 9.18 Å². The molecule has 1 aliphatic carbocycles. The van der Waals surface area contributed by atoms with Gasteiger partial charge in [-0.15, -0.1) is 0 Å². The number of halogens is 1. The second kappa shape index (κ2) is 4.33. The summed E-state index contributed by atoms with van der Waals surface area (Å²) in [7, 11) is 0. The van der Waals surface area contributed by atoms with Gasteiger partial charge in [-0.3, -0.25) is 4.79 Å². The van der Waals surface area contributed by atoms with Crippen LogP contribution in [0.25, 0.3) is 0 Å². The summed E-state index contributed by atoms with van der Waals surface area (Å²) in [5, 5.41) is 2.60. The largest absolute Gasteiger partial charge is 0.491 e. The minimum Gasteiger partial charge on any atom is -0.491 e. The van der Waals surface area contributed by atoms with Crippen molar-refractivity contribution in [1.82, 2.24) is 0 Å². The van der Waals surface area contributed by atoms with E-state index < -0.39 is 11.4 Å². The first kappa shape index (κ1) is 11.9. The second-order valence-corrected chi connectivity index (χ2v) is 4.19. The predicted molar refractivity (Wildman–Crippen MR) is 62.4 cm³/mol. The molecule has 3 N–H and O–H groups in total. The van der Waals surface area contributed by atoms with E-state index in [0.29, 0.717) is 25.1 Å². The molecule has 92 valence electrons. The van der Waals surface area contributed by atoms with E-state index in [0.717, 1.165) is 0 Å². The summed E-state index contributed by atoms with van der Waals surface area (Å²) < 4.78 is 18.6. The van der Waals surface area contributed by atoms with Crippen LogP contribution in [0.4, 0.5) is 10.1 Å². The molecule has 2 rings (SSSR count). The standard InChI is InChI=1S/C12H15FN2O2/c1-2-17-10-4-3-8(7-9(10)13)15-11(16)12(14)5-6-12/h3-4,7H,2,5-6,14H2,1H3,(H,15,16). The first-order valence-corrected chi connectivity index (χ1v) is 5.58. The van der Waals surface area contributed by atoms with Gasteiger partial charge in [-0.25, -0.2) is 4.39 Å². The third kappa shape index (κ3) is 2.55. The average molecular weight is 238 g/mol. The fraction of sp³-hybridized carbons (Fsp3) is 0.417. The van der Waals surface area contributed by atoms with Crippen LogP contribution in [-0.2, 0) is 4.79 Å². The molecule has 1 fully saturated rings. The molecule has 0 radical (unpaired) electrons. The SMILES string of the molecule is CCOc1ccc(NC(=O)C2(N)CC2)cc1F. The van der Waals surface area contributed by atoms with Crippen LogP contribution >= 0.6 is 0 Å². The number of rotatable bonds is 4. The van der Waals surface area contributed by atoms with Crippen LogP contribution in [0.3, 0.4) is 0 Å². The number of hydrogen-bond donors (Lipinski definition) is 2. The van der Waals surface area contributed by atoms with E-state index in [2.05, 4.69) is 5.32 Å². The zero-order valence-electron chi connectivity index (χ0n) is 9.63. The van der Waals surface area contributed by atoms with Crippen molar-refractivity contribution in [3.05, 3.63) is 24.0 Å². The molecule has 5 heteroatoms. The Balaban J connectivity index is 2.07. The van der Waals surface area contributed by atoms with Crippen molar-refractivity contribution in [2.24, 2.45) is 5.73 Å². The molecule has 1 amide bonds. The molecular weight excluding hydrogens is 223 g/mol. The van der Waals surface area contributed by atoms with Gasteiger partial charge in [0.25, 0.3) is 0 Å². The molecule has 0 bridgehead atoms. The quantitative estimate of drug-likeness (QED) is 0.838. The molecule has 0 unspecified atom stereocenters. The number of ether oxygens (including phenoxy) is 1. The molecule has 0 atom stereocenters. The molecule has 1 saturated carbocycles. The van der Waals surface area contributed by atoms with Crippen molar-refractivity contribution in [2.75, 3.05) is 11.9 Å². The number of nitrogens with two attached hydrogens (primary N) is 1. The van der Waals surface area contributed by atoms with Gasteiger partial charge in [0.15, 0.2) is 11.6 Å². The lowest BCUT2D eigenvalue weighted by Gasteiger charge is -2.11. The van der Waals surface area contributed by atoms with Crippen molar-refractivity contribution in [3.63, 3.8) is 0 Å². The number of nitrogens with one attached hydrogen (secondary N) is 1. The van der Waals surface area contributed by atoms with Crippen molar-refractivity contribution in [2.45, 2.75) is 25.3 Å². The third-order valence-electron chi connectivity index (χ3n) is 2.73. The summed E-state index contributed by atoms with van der Waals surface area (Å²) >= 11 is 0. The van der Waals surface area contributed by atoms with E-state index >= 15 is 0 Å². The Bertz CT molecular complexity index is 444. The van der Waals surface area contributed by atoms with Crippen LogP contribution in [0.2, 0.25) is 0 Å². The summed E-state index contributed by atoms with van der Waals surface area (Å²) in [6.45, 7) is 2.18. The number of amides is 1. The van der Waals surface area contributed by atoms with Crippen LogP contribution in [0, 0.1) is 5.82 Å². The highest BCUT2D eigenvalue weighted by Crippen LogP contribution is 2.33. The van der Waals surface area contributed by atoms with Gasteiger partial charge in [-0.2, -0.15) is 0 Å². The topological polar surface area (TPSA) is 64.3 Å². The summed E-state index contributed by atoms with van der Waals surface area (Å²) in [6, 6.07) is 4.32. The van der Waals surface area contributed by atoms with Crippen molar-refractivity contribution >= 4 is 11.6 Å². The monoisotopic (exact) mass is 238 g/mol. The Morgan fingerprint density at radius 3 is 2.82 bits per heavy atom. The van der Waals surface area contributed by atoms with Crippen LogP contribution in [-0.4, -0.2) is 18.1 Å². The van der Waals surface area contributed by atoms with Crippen LogP contribution in [0.15, 0.2) is 18.2 Å². The summed E-state index contributed by atoms with van der Waals surface area (Å²) in [6.07, 6.45) is 1.36. The minimum absolute atomic E-state index is 0.180. The highest BCUT2D eigenvalue weighted by molar-refractivity contribution is 6.00. The maximum Gasteiger partial charge on any atom is 0.244 e. The first-order chi connectivity index (χ1) is 8.05. The van der Waals surface area contributed by atoms with Gasteiger partial charge < -0.3 is 15.8 Å². The number of carbonyl (C=O) groups excluding carboxylic acids is 1. The Kier molecular flexibility index (Phi) is 3.02. The van der Waals surface area contributed by atoms with Crippen molar-refractivity contribution in [1.29, 1.82) is 0 Å². The Hall–Kier alpha value is -1.62. The Labute approximate surface area is 98.9 Å². The number of benzene rings is 1. The molecule has 0 heterocycles. The van der Waals surface area contributed by atoms with Crippen LogP contribution in [0.5, 0.6) is 5.75 Å². The van der Waals surface area contributed by atoms with Gasteiger partial charge in [0.05, 0.1) is 12.1 Å². The zero-order chi connectivity index (χ0) is 12.5. The van der Waals surface area contributed by atoms with Crippen LogP contribution < -0.4 is 15.8 Å². The van der Waals surface area contributed by atoms with E-state index in [4.69, 9.17) is 10.5 Å². The van der Waals surface area contributed by atoms with Gasteiger partial charge in [0.2, 0.25) is 5.91 Å². The van der Waals surface area contributed by atoms with E-state index in [-0.39, 0.29) is 11.7 Å². The molecule has 1 aromatic rings. The lowest BCUT2D eigenvalue weighted by molar-refractivity contribution is -0.118. The summed E-state index contributed by atoms with van der Waals surface area (Å²) in [5.74, 6) is -0.577. The lowest BCUT2D eigenvalue weighted by atomic mass is 10.2. The lowest BCUT2D eigenvalue weighted by Crippen LogP contribution is -2.37. The summed E-state index contributed by atoms with van der Waals surface area (Å²) in [4.78, 5) is 11.6. The fourth-order valence-electron chi connectivity index (χ4n) is 1.47. The minimum atomic E-state index is -0.755. The molecular formula is C12H15FN2O2. The van der Waals surface area contributed by atoms with Gasteiger partial charge in [-0.05, 0) is 31.9 Å². The van der Waals surface area contributed by atoms with Gasteiger partial charge in [0, 0.05) is 11.8 Å². The normalized spacial score (nSPS) is 16.4. The van der Waals surface area contributed by atoms with Crippen LogP contribution in [0.1, 0.15) is 19.8 Å². The van der Waals surface area contributed by atoms with Gasteiger partial charge >= 0.3 is 0 Å². The highest BCUT2D eigenvalue weighted by Gasteiger charge is 2.45. The van der Waals surface area contributed by atoms with Gasteiger partial charge in [-0.1, -0.05) is 0 Å². The molecule has 1 aliphatic rings. The summed E-state index contributed by atoms with van der Waals surface area (Å²) in [5.41, 5.74) is 5.36. The first-order valence-electron chi connectivity index (χ1n) is 5.58. The van der Waals surface area contributed by atoms with Crippen molar-refractivity contribution in [3.8, 4) is 5.75 Å². The number of anilines is 1. The van der Waals surface area contributed by atoms with E-state index in [1.807, 2.05) is 0 Å². The molecule has 1 aromatic carbocycles. The molecule has 0 saturated heterocycles. The maximum atomic E-state index is 13.5. The number of carbonyl (C=O) groups is 1. The average Bonchev–Trinajstić information content (AvgIpc) is 3.02. The van der Waals surface area contributed by atoms with Crippen molar-refractivity contribution < 1.29 is 13.9 Å². The number of hydrogen-bond acceptors (Lipinski definition) is 3. The smallest absolute Gasteiger partial charge is 0.244 e. The molecule has 0 aliphatic heterocycles. The zero-order valence-corrected chi connectivity index (χ0v) is 9.63. The van der Waals surface area contributed by atoms with Gasteiger partial charge in [0.1, 0.15) is 0 Å². The maximum absolute atomic E-state index is 13.5. The molecule has 17 heavy (non-hydrogen) atoms. The highest BCUT2D eigenvalue weighted by atomic mass is 19.1.